The Balaban J connectivity index is 2.87. The van der Waals surface area contributed by atoms with Crippen LogP contribution in [0.25, 0.3) is 0 Å². The molecule has 1 aromatic rings. The number of nitrogens with one attached hydrogen (secondary N) is 1. The maximum atomic E-state index is 13.3. The first-order valence-electron chi connectivity index (χ1n) is 6.48. The molecule has 1 unspecified atom stereocenters. The summed E-state index contributed by atoms with van der Waals surface area (Å²) in [5, 5.41) is 3.56. The van der Waals surface area contributed by atoms with Gasteiger partial charge < -0.3 is 5.32 Å². The van der Waals surface area contributed by atoms with Crippen LogP contribution < -0.4 is 5.32 Å². The van der Waals surface area contributed by atoms with Crippen molar-refractivity contribution < 1.29 is 8.78 Å². The number of halogens is 3. The first kappa shape index (κ1) is 15.4. The van der Waals surface area contributed by atoms with E-state index in [1.54, 1.807) is 0 Å². The van der Waals surface area contributed by atoms with Crippen molar-refractivity contribution in [2.75, 3.05) is 6.54 Å². The van der Waals surface area contributed by atoms with Gasteiger partial charge in [0.15, 0.2) is 11.6 Å². The monoisotopic (exact) mass is 275 g/mol. The van der Waals surface area contributed by atoms with Crippen LogP contribution >= 0.6 is 11.6 Å². The Hall–Kier alpha value is -0.670. The van der Waals surface area contributed by atoms with Crippen LogP contribution in [0, 0.1) is 11.6 Å². The van der Waals surface area contributed by atoms with Crippen LogP contribution in [-0.2, 0) is 0 Å². The van der Waals surface area contributed by atoms with Gasteiger partial charge in [0, 0.05) is 11.1 Å². The Morgan fingerprint density at radius 1 is 1.17 bits per heavy atom. The van der Waals surface area contributed by atoms with Crippen molar-refractivity contribution in [1.82, 2.24) is 5.32 Å². The molecule has 0 aliphatic rings. The zero-order valence-electron chi connectivity index (χ0n) is 10.9. The van der Waals surface area contributed by atoms with Crippen molar-refractivity contribution in [2.45, 2.75) is 45.6 Å². The highest BCUT2D eigenvalue weighted by molar-refractivity contribution is 6.31. The molecule has 1 nitrogen and oxygen atoms in total. The lowest BCUT2D eigenvalue weighted by Gasteiger charge is -2.19. The fourth-order valence-corrected chi connectivity index (χ4v) is 2.30. The number of rotatable bonds is 7. The van der Waals surface area contributed by atoms with Crippen molar-refractivity contribution in [2.24, 2.45) is 0 Å². The smallest absolute Gasteiger partial charge is 0.160 e. The lowest BCUT2D eigenvalue weighted by Crippen LogP contribution is -2.21. The van der Waals surface area contributed by atoms with E-state index >= 15 is 0 Å². The van der Waals surface area contributed by atoms with Gasteiger partial charge in [0.25, 0.3) is 0 Å². The number of hydrogen-bond donors (Lipinski definition) is 1. The van der Waals surface area contributed by atoms with Gasteiger partial charge in [-0.05, 0) is 30.7 Å². The highest BCUT2D eigenvalue weighted by atomic mass is 35.5. The van der Waals surface area contributed by atoms with Crippen LogP contribution in [0.3, 0.4) is 0 Å². The Labute approximate surface area is 113 Å². The summed E-state index contributed by atoms with van der Waals surface area (Å²) in [6, 6.07) is 2.25. The van der Waals surface area contributed by atoms with Gasteiger partial charge in [-0.1, -0.05) is 44.7 Å². The van der Waals surface area contributed by atoms with Crippen LogP contribution in [0.15, 0.2) is 12.1 Å². The molecule has 102 valence electrons. The molecule has 18 heavy (non-hydrogen) atoms. The van der Waals surface area contributed by atoms with E-state index in [0.717, 1.165) is 38.3 Å². The summed E-state index contributed by atoms with van der Waals surface area (Å²) < 4.78 is 26.3. The van der Waals surface area contributed by atoms with Gasteiger partial charge in [0.2, 0.25) is 0 Å². The van der Waals surface area contributed by atoms with E-state index in [4.69, 9.17) is 11.6 Å². The van der Waals surface area contributed by atoms with E-state index in [-0.39, 0.29) is 11.1 Å². The van der Waals surface area contributed by atoms with Crippen LogP contribution in [0.1, 0.15) is 51.1 Å². The zero-order valence-corrected chi connectivity index (χ0v) is 11.7. The van der Waals surface area contributed by atoms with Gasteiger partial charge >= 0.3 is 0 Å². The Kier molecular flexibility index (Phi) is 6.58. The zero-order chi connectivity index (χ0) is 13.5. The summed E-state index contributed by atoms with van der Waals surface area (Å²) in [7, 11) is 0. The van der Waals surface area contributed by atoms with Crippen molar-refractivity contribution >= 4 is 11.6 Å². The first-order chi connectivity index (χ1) is 8.60. The van der Waals surface area contributed by atoms with Gasteiger partial charge in [0.1, 0.15) is 0 Å². The van der Waals surface area contributed by atoms with Gasteiger partial charge in [0.05, 0.1) is 0 Å². The molecule has 0 saturated carbocycles. The number of benzene rings is 1. The lowest BCUT2D eigenvalue weighted by molar-refractivity contribution is 0.473. The number of unbranched alkanes of at least 4 members (excludes halogenated alkanes) is 2. The molecule has 0 fully saturated rings. The molecule has 0 amide bonds. The van der Waals surface area contributed by atoms with Crippen LogP contribution in [0.5, 0.6) is 0 Å². The third-order valence-corrected chi connectivity index (χ3v) is 3.29. The van der Waals surface area contributed by atoms with E-state index in [1.807, 2.05) is 6.92 Å². The van der Waals surface area contributed by atoms with Crippen LogP contribution in [0.4, 0.5) is 8.78 Å². The maximum Gasteiger partial charge on any atom is 0.160 e. The highest BCUT2D eigenvalue weighted by Crippen LogP contribution is 2.29. The third-order valence-electron chi connectivity index (χ3n) is 2.96. The summed E-state index contributed by atoms with van der Waals surface area (Å²) in [4.78, 5) is 0. The summed E-state index contributed by atoms with van der Waals surface area (Å²) in [6.45, 7) is 4.89. The topological polar surface area (TPSA) is 12.0 Å². The third kappa shape index (κ3) is 4.21. The van der Waals surface area contributed by atoms with E-state index in [0.29, 0.717) is 5.56 Å². The van der Waals surface area contributed by atoms with Gasteiger partial charge in [-0.3, -0.25) is 0 Å². The molecule has 0 radical (unpaired) electrons. The fraction of sp³-hybridized carbons (Fsp3) is 0.571. The molecule has 1 rings (SSSR count). The van der Waals surface area contributed by atoms with Crippen molar-refractivity contribution in [3.63, 3.8) is 0 Å². The molecule has 1 atom stereocenters. The Bertz CT molecular complexity index is 382. The molecule has 0 spiro atoms. The predicted molar refractivity (Wildman–Crippen MR) is 71.9 cm³/mol. The number of hydrogen-bond acceptors (Lipinski definition) is 1. The summed E-state index contributed by atoms with van der Waals surface area (Å²) >= 11 is 6.00. The molecule has 0 heterocycles. The predicted octanol–water partition coefficient (Wildman–Crippen LogP) is 4.85. The second kappa shape index (κ2) is 7.70. The molecule has 0 saturated heterocycles. The summed E-state index contributed by atoms with van der Waals surface area (Å²) in [5.41, 5.74) is 0.647. The average Bonchev–Trinajstić information content (AvgIpc) is 2.33. The molecule has 0 aliphatic carbocycles. The van der Waals surface area contributed by atoms with Crippen molar-refractivity contribution in [1.29, 1.82) is 0 Å². The minimum atomic E-state index is -0.896. The first-order valence-corrected chi connectivity index (χ1v) is 6.85. The maximum absolute atomic E-state index is 13.3. The standard InChI is InChI=1S/C14H20ClF2N/c1-3-5-6-7-14(18-4-2)10-8-12(16)13(17)9-11(10)15/h8-9,14,18H,3-7H2,1-2H3. The molecule has 1 aromatic carbocycles. The second-order valence-corrected chi connectivity index (χ2v) is 4.80. The Morgan fingerprint density at radius 3 is 2.44 bits per heavy atom. The summed E-state index contributed by atoms with van der Waals surface area (Å²) in [6.07, 6.45) is 4.18. The molecule has 0 aromatic heterocycles. The Morgan fingerprint density at radius 2 is 1.83 bits per heavy atom. The van der Waals surface area contributed by atoms with E-state index < -0.39 is 11.6 Å². The summed E-state index contributed by atoms with van der Waals surface area (Å²) in [5.74, 6) is -1.74. The highest BCUT2D eigenvalue weighted by Gasteiger charge is 2.16. The average molecular weight is 276 g/mol. The minimum Gasteiger partial charge on any atom is -0.310 e. The molecule has 0 bridgehead atoms. The van der Waals surface area contributed by atoms with Gasteiger partial charge in [-0.15, -0.1) is 0 Å². The van der Waals surface area contributed by atoms with Crippen LogP contribution in [-0.4, -0.2) is 6.54 Å². The van der Waals surface area contributed by atoms with E-state index in [9.17, 15) is 8.78 Å². The fourth-order valence-electron chi connectivity index (χ4n) is 2.02. The normalized spacial score (nSPS) is 12.7. The van der Waals surface area contributed by atoms with E-state index in [1.165, 1.54) is 6.07 Å². The molecule has 0 aliphatic heterocycles. The van der Waals surface area contributed by atoms with Gasteiger partial charge in [-0.25, -0.2) is 8.78 Å². The molecular formula is C14H20ClF2N. The molecular weight excluding hydrogens is 256 g/mol. The SMILES string of the molecule is CCCCCC(NCC)c1cc(F)c(F)cc1Cl. The lowest BCUT2D eigenvalue weighted by atomic mass is 10.00. The van der Waals surface area contributed by atoms with Crippen molar-refractivity contribution in [3.8, 4) is 0 Å². The van der Waals surface area contributed by atoms with E-state index in [2.05, 4.69) is 12.2 Å². The molecule has 4 heteroatoms. The van der Waals surface area contributed by atoms with Crippen LogP contribution in [0.2, 0.25) is 5.02 Å². The largest absolute Gasteiger partial charge is 0.310 e. The second-order valence-electron chi connectivity index (χ2n) is 4.39. The van der Waals surface area contributed by atoms with Crippen molar-refractivity contribution in [3.05, 3.63) is 34.4 Å². The molecule has 1 N–H and O–H groups in total. The minimum absolute atomic E-state index is 0.0100. The van der Waals surface area contributed by atoms with Gasteiger partial charge in [-0.2, -0.15) is 0 Å². The quantitative estimate of drug-likeness (QED) is 0.554.